The molecule has 2 aromatic carbocycles. The van der Waals surface area contributed by atoms with Gasteiger partial charge < -0.3 is 14.2 Å². The van der Waals surface area contributed by atoms with Crippen LogP contribution in [-0.2, 0) is 24.3 Å². The number of amides is 2. The molecule has 0 saturated heterocycles. The van der Waals surface area contributed by atoms with Gasteiger partial charge in [0.05, 0.1) is 12.8 Å². The fraction of sp³-hybridized carbons (Fsp3) is 0.379. The lowest BCUT2D eigenvalue weighted by Crippen LogP contribution is -2.45. The molecule has 2 amide bonds. The summed E-state index contributed by atoms with van der Waals surface area (Å²) in [5, 5.41) is 0. The highest BCUT2D eigenvalue weighted by molar-refractivity contribution is 5.96. The zero-order valence-corrected chi connectivity index (χ0v) is 20.6. The second-order valence-corrected chi connectivity index (χ2v) is 9.00. The topological polar surface area (TPSA) is 53.8 Å². The van der Waals surface area contributed by atoms with Crippen LogP contribution in [0.2, 0.25) is 0 Å². The second kappa shape index (κ2) is 12.8. The largest absolute Gasteiger partial charge is 0.467 e. The zero-order chi connectivity index (χ0) is 24.3. The van der Waals surface area contributed by atoms with Gasteiger partial charge in [-0.2, -0.15) is 0 Å². The summed E-state index contributed by atoms with van der Waals surface area (Å²) in [5.41, 5.74) is 2.88. The maximum Gasteiger partial charge on any atom is 0.254 e. The summed E-state index contributed by atoms with van der Waals surface area (Å²) in [6.45, 7) is 6.90. The number of carbonyl (C=O) groups is 2. The number of carbonyl (C=O) groups excluding carboxylic acids is 2. The molecule has 0 spiro atoms. The Balaban J connectivity index is 1.72. The standard InChI is InChI=1S/C29H36N2O3/c1-4-5-7-11-24-15-17-26(18-16-24)29(33)31(23(2)3)22-28(32)30(21-27-14-10-19-34-27)20-25-12-8-6-9-13-25/h6,8-10,12-19,23H,4-5,7,11,20-22H2,1-3H3. The highest BCUT2D eigenvalue weighted by atomic mass is 16.3. The lowest BCUT2D eigenvalue weighted by Gasteiger charge is -2.30. The lowest BCUT2D eigenvalue weighted by atomic mass is 10.0. The molecule has 0 saturated carbocycles. The molecule has 0 aliphatic rings. The number of hydrogen-bond donors (Lipinski definition) is 0. The average molecular weight is 461 g/mol. The summed E-state index contributed by atoms with van der Waals surface area (Å²) in [5.74, 6) is 0.477. The minimum atomic E-state index is -0.124. The molecule has 5 nitrogen and oxygen atoms in total. The van der Waals surface area contributed by atoms with Gasteiger partial charge in [-0.3, -0.25) is 9.59 Å². The molecule has 0 fully saturated rings. The number of aryl methyl sites for hydroxylation is 1. The molecule has 5 heteroatoms. The van der Waals surface area contributed by atoms with Gasteiger partial charge in [-0.25, -0.2) is 0 Å². The average Bonchev–Trinajstić information content (AvgIpc) is 3.36. The molecule has 0 radical (unpaired) electrons. The van der Waals surface area contributed by atoms with Crippen molar-refractivity contribution in [1.82, 2.24) is 9.80 Å². The van der Waals surface area contributed by atoms with E-state index in [1.165, 1.54) is 18.4 Å². The maximum atomic E-state index is 13.4. The molecule has 180 valence electrons. The fourth-order valence-corrected chi connectivity index (χ4v) is 3.92. The van der Waals surface area contributed by atoms with Crippen molar-refractivity contribution in [3.05, 3.63) is 95.4 Å². The van der Waals surface area contributed by atoms with E-state index in [-0.39, 0.29) is 24.4 Å². The maximum absolute atomic E-state index is 13.4. The highest BCUT2D eigenvalue weighted by Gasteiger charge is 2.25. The van der Waals surface area contributed by atoms with Crippen LogP contribution in [0, 0.1) is 0 Å². The first-order valence-electron chi connectivity index (χ1n) is 12.2. The minimum Gasteiger partial charge on any atom is -0.467 e. The molecule has 0 atom stereocenters. The van der Waals surface area contributed by atoms with Gasteiger partial charge in [0, 0.05) is 18.2 Å². The van der Waals surface area contributed by atoms with Crippen molar-refractivity contribution in [1.29, 1.82) is 0 Å². The van der Waals surface area contributed by atoms with Crippen molar-refractivity contribution >= 4 is 11.8 Å². The third-order valence-electron chi connectivity index (χ3n) is 5.96. The van der Waals surface area contributed by atoms with E-state index >= 15 is 0 Å². The Labute approximate surface area is 203 Å². The van der Waals surface area contributed by atoms with Gasteiger partial charge in [0.2, 0.25) is 5.91 Å². The van der Waals surface area contributed by atoms with E-state index in [0.717, 1.165) is 18.4 Å². The van der Waals surface area contributed by atoms with Gasteiger partial charge in [-0.05, 0) is 62.1 Å². The van der Waals surface area contributed by atoms with Crippen LogP contribution in [0.3, 0.4) is 0 Å². The Kier molecular flexibility index (Phi) is 9.51. The number of nitrogens with zero attached hydrogens (tertiary/aromatic N) is 2. The second-order valence-electron chi connectivity index (χ2n) is 9.00. The molecule has 0 unspecified atom stereocenters. The summed E-state index contributed by atoms with van der Waals surface area (Å²) in [6, 6.07) is 21.3. The Morgan fingerprint density at radius 3 is 2.21 bits per heavy atom. The number of unbranched alkanes of at least 4 members (excludes halogenated alkanes) is 2. The summed E-state index contributed by atoms with van der Waals surface area (Å²) in [7, 11) is 0. The first kappa shape index (κ1) is 25.3. The first-order valence-corrected chi connectivity index (χ1v) is 12.2. The minimum absolute atomic E-state index is 0.0162. The van der Waals surface area contributed by atoms with Crippen molar-refractivity contribution in [2.75, 3.05) is 6.54 Å². The van der Waals surface area contributed by atoms with E-state index in [2.05, 4.69) is 6.92 Å². The predicted molar refractivity (Wildman–Crippen MR) is 135 cm³/mol. The Morgan fingerprint density at radius 2 is 1.59 bits per heavy atom. The molecule has 0 bridgehead atoms. The first-order chi connectivity index (χ1) is 16.5. The smallest absolute Gasteiger partial charge is 0.254 e. The van der Waals surface area contributed by atoms with Crippen molar-refractivity contribution in [3.8, 4) is 0 Å². The number of benzene rings is 2. The number of hydrogen-bond acceptors (Lipinski definition) is 3. The van der Waals surface area contributed by atoms with Crippen LogP contribution >= 0.6 is 0 Å². The van der Waals surface area contributed by atoms with Crippen LogP contribution in [0.4, 0.5) is 0 Å². The quantitative estimate of drug-likeness (QED) is 0.307. The predicted octanol–water partition coefficient (Wildman–Crippen LogP) is 6.09. The van der Waals surface area contributed by atoms with Gasteiger partial charge in [0.1, 0.15) is 12.3 Å². The monoisotopic (exact) mass is 460 g/mol. The van der Waals surface area contributed by atoms with E-state index in [4.69, 9.17) is 4.42 Å². The van der Waals surface area contributed by atoms with Crippen LogP contribution in [0.1, 0.15) is 67.3 Å². The van der Waals surface area contributed by atoms with Crippen molar-refractivity contribution < 1.29 is 14.0 Å². The van der Waals surface area contributed by atoms with E-state index in [9.17, 15) is 9.59 Å². The summed E-state index contributed by atoms with van der Waals surface area (Å²) < 4.78 is 5.49. The van der Waals surface area contributed by atoms with Crippen LogP contribution < -0.4 is 0 Å². The van der Waals surface area contributed by atoms with Gasteiger partial charge in [0.25, 0.3) is 5.91 Å². The molecule has 1 heterocycles. The molecule has 34 heavy (non-hydrogen) atoms. The molecule has 0 aliphatic carbocycles. The Bertz CT molecular complexity index is 1010. The zero-order valence-electron chi connectivity index (χ0n) is 20.6. The van der Waals surface area contributed by atoms with Crippen molar-refractivity contribution in [2.24, 2.45) is 0 Å². The van der Waals surface area contributed by atoms with E-state index in [1.807, 2.05) is 80.6 Å². The van der Waals surface area contributed by atoms with E-state index < -0.39 is 0 Å². The normalized spacial score (nSPS) is 10.9. The number of rotatable bonds is 12. The fourth-order valence-electron chi connectivity index (χ4n) is 3.92. The molecule has 1 aromatic heterocycles. The van der Waals surface area contributed by atoms with Crippen LogP contribution in [-0.4, -0.2) is 34.2 Å². The molecule has 0 aliphatic heterocycles. The van der Waals surface area contributed by atoms with Gasteiger partial charge in [-0.15, -0.1) is 0 Å². The van der Waals surface area contributed by atoms with Crippen molar-refractivity contribution in [3.63, 3.8) is 0 Å². The molecular weight excluding hydrogens is 424 g/mol. The van der Waals surface area contributed by atoms with Crippen LogP contribution in [0.5, 0.6) is 0 Å². The van der Waals surface area contributed by atoms with Gasteiger partial charge >= 0.3 is 0 Å². The Hall–Kier alpha value is -3.34. The van der Waals surface area contributed by atoms with Gasteiger partial charge in [0.15, 0.2) is 0 Å². The highest BCUT2D eigenvalue weighted by Crippen LogP contribution is 2.15. The van der Waals surface area contributed by atoms with Gasteiger partial charge in [-0.1, -0.05) is 62.2 Å². The third-order valence-corrected chi connectivity index (χ3v) is 5.96. The molecule has 3 rings (SSSR count). The molecular formula is C29H36N2O3. The lowest BCUT2D eigenvalue weighted by molar-refractivity contribution is -0.133. The molecule has 0 N–H and O–H groups in total. The SMILES string of the molecule is CCCCCc1ccc(C(=O)N(CC(=O)N(Cc2ccccc2)Cc2ccco2)C(C)C)cc1. The summed E-state index contributed by atoms with van der Waals surface area (Å²) >= 11 is 0. The molecule has 3 aromatic rings. The third kappa shape index (κ3) is 7.34. The van der Waals surface area contributed by atoms with Crippen LogP contribution in [0.15, 0.2) is 77.4 Å². The summed E-state index contributed by atoms with van der Waals surface area (Å²) in [6.07, 6.45) is 6.19. The summed E-state index contributed by atoms with van der Waals surface area (Å²) in [4.78, 5) is 30.1. The van der Waals surface area contributed by atoms with Crippen molar-refractivity contribution in [2.45, 2.75) is 65.6 Å². The van der Waals surface area contributed by atoms with E-state index in [0.29, 0.717) is 24.4 Å². The number of furan rings is 1. The Morgan fingerprint density at radius 1 is 0.853 bits per heavy atom. The van der Waals surface area contributed by atoms with E-state index in [1.54, 1.807) is 16.1 Å². The van der Waals surface area contributed by atoms with Crippen LogP contribution in [0.25, 0.3) is 0 Å².